The average molecular weight is 312 g/mol. The first-order valence-corrected chi connectivity index (χ1v) is 6.95. The number of benzene rings is 1. The average Bonchev–Trinajstić information content (AvgIpc) is 2.95. The van der Waals surface area contributed by atoms with E-state index in [2.05, 4.69) is 5.32 Å². The van der Waals surface area contributed by atoms with Gasteiger partial charge in [-0.15, -0.1) is 12.4 Å². The minimum absolute atomic E-state index is 0. The Bertz CT molecular complexity index is 514. The molecule has 0 aliphatic rings. The fourth-order valence-corrected chi connectivity index (χ4v) is 1.95. The van der Waals surface area contributed by atoms with E-state index in [1.54, 1.807) is 6.26 Å². The van der Waals surface area contributed by atoms with Crippen molar-refractivity contribution in [3.05, 3.63) is 47.9 Å². The van der Waals surface area contributed by atoms with Crippen molar-refractivity contribution >= 4 is 12.4 Å². The van der Waals surface area contributed by atoms with Crippen molar-refractivity contribution in [2.75, 3.05) is 13.2 Å². The number of halogens is 1. The van der Waals surface area contributed by atoms with E-state index in [1.807, 2.05) is 44.2 Å². The molecule has 2 rings (SSSR count). The zero-order chi connectivity index (χ0) is 14.2. The van der Waals surface area contributed by atoms with E-state index in [4.69, 9.17) is 13.9 Å². The normalized spacial score (nSPS) is 10.0. The van der Waals surface area contributed by atoms with E-state index in [9.17, 15) is 0 Å². The molecule has 0 saturated heterocycles. The molecule has 0 fully saturated rings. The highest BCUT2D eigenvalue weighted by Crippen LogP contribution is 2.28. The Balaban J connectivity index is 0.00000220. The van der Waals surface area contributed by atoms with E-state index in [-0.39, 0.29) is 12.4 Å². The van der Waals surface area contributed by atoms with Crippen LogP contribution < -0.4 is 14.8 Å². The molecule has 21 heavy (non-hydrogen) atoms. The highest BCUT2D eigenvalue weighted by atomic mass is 35.5. The van der Waals surface area contributed by atoms with E-state index in [0.717, 1.165) is 29.4 Å². The number of furan rings is 1. The van der Waals surface area contributed by atoms with Crippen LogP contribution in [0.2, 0.25) is 0 Å². The molecular formula is C16H22ClNO3. The summed E-state index contributed by atoms with van der Waals surface area (Å²) in [6, 6.07) is 9.86. The third-order valence-electron chi connectivity index (χ3n) is 2.82. The minimum Gasteiger partial charge on any atom is -0.490 e. The van der Waals surface area contributed by atoms with E-state index >= 15 is 0 Å². The molecule has 1 heterocycles. The molecule has 1 aromatic carbocycles. The molecule has 2 aromatic rings. The molecule has 5 heteroatoms. The van der Waals surface area contributed by atoms with Gasteiger partial charge in [0.15, 0.2) is 11.5 Å². The molecular weight excluding hydrogens is 290 g/mol. The smallest absolute Gasteiger partial charge is 0.161 e. The fourth-order valence-electron chi connectivity index (χ4n) is 1.95. The third-order valence-corrected chi connectivity index (χ3v) is 2.82. The van der Waals surface area contributed by atoms with Crippen LogP contribution in [0, 0.1) is 0 Å². The monoisotopic (exact) mass is 311 g/mol. The molecule has 0 spiro atoms. The summed E-state index contributed by atoms with van der Waals surface area (Å²) in [5.74, 6) is 2.52. The van der Waals surface area contributed by atoms with E-state index < -0.39 is 0 Å². The van der Waals surface area contributed by atoms with Gasteiger partial charge in [-0.25, -0.2) is 0 Å². The van der Waals surface area contributed by atoms with Crippen molar-refractivity contribution < 1.29 is 13.9 Å². The minimum atomic E-state index is 0. The molecule has 0 radical (unpaired) electrons. The Hall–Kier alpha value is -1.65. The molecule has 0 aliphatic carbocycles. The predicted octanol–water partition coefficient (Wildman–Crippen LogP) is 3.79. The first-order chi connectivity index (χ1) is 9.83. The molecule has 0 bridgehead atoms. The zero-order valence-corrected chi connectivity index (χ0v) is 13.2. The molecule has 116 valence electrons. The van der Waals surface area contributed by atoms with E-state index in [1.165, 1.54) is 0 Å². The van der Waals surface area contributed by atoms with Gasteiger partial charge in [-0.3, -0.25) is 0 Å². The maximum Gasteiger partial charge on any atom is 0.161 e. The Morgan fingerprint density at radius 1 is 1.00 bits per heavy atom. The molecule has 0 aliphatic heterocycles. The summed E-state index contributed by atoms with van der Waals surface area (Å²) < 4.78 is 16.4. The third kappa shape index (κ3) is 5.33. The van der Waals surface area contributed by atoms with Gasteiger partial charge in [0.2, 0.25) is 0 Å². The first kappa shape index (κ1) is 17.4. The molecule has 0 unspecified atom stereocenters. The van der Waals surface area contributed by atoms with Gasteiger partial charge in [-0.2, -0.15) is 0 Å². The Kier molecular flexibility index (Phi) is 7.72. The largest absolute Gasteiger partial charge is 0.490 e. The van der Waals surface area contributed by atoms with Crippen LogP contribution in [-0.2, 0) is 13.1 Å². The van der Waals surface area contributed by atoms with Crippen LogP contribution in [-0.4, -0.2) is 13.2 Å². The summed E-state index contributed by atoms with van der Waals surface area (Å²) in [6.07, 6.45) is 1.68. The van der Waals surface area contributed by atoms with E-state index in [0.29, 0.717) is 19.8 Å². The molecule has 1 aromatic heterocycles. The highest BCUT2D eigenvalue weighted by Gasteiger charge is 2.06. The zero-order valence-electron chi connectivity index (χ0n) is 12.4. The molecule has 0 atom stereocenters. The Labute approximate surface area is 131 Å². The van der Waals surface area contributed by atoms with Crippen molar-refractivity contribution in [2.45, 2.75) is 26.9 Å². The van der Waals surface area contributed by atoms with Crippen molar-refractivity contribution in [3.8, 4) is 11.5 Å². The molecule has 4 nitrogen and oxygen atoms in total. The summed E-state index contributed by atoms with van der Waals surface area (Å²) in [4.78, 5) is 0. The maximum absolute atomic E-state index is 5.61. The van der Waals surface area contributed by atoms with Crippen LogP contribution >= 0.6 is 12.4 Å². The van der Waals surface area contributed by atoms with Gasteiger partial charge in [-0.1, -0.05) is 6.07 Å². The van der Waals surface area contributed by atoms with Crippen molar-refractivity contribution in [1.82, 2.24) is 5.32 Å². The standard InChI is InChI=1S/C16H21NO3.ClH/c1-3-18-15-8-7-13(10-16(15)19-4-2)11-17-12-14-6-5-9-20-14;/h5-10,17H,3-4,11-12H2,1-2H3;1H. The van der Waals surface area contributed by atoms with Crippen LogP contribution in [0.1, 0.15) is 25.2 Å². The number of hydrogen-bond acceptors (Lipinski definition) is 4. The van der Waals surface area contributed by atoms with Gasteiger partial charge in [0, 0.05) is 6.54 Å². The van der Waals surface area contributed by atoms with Crippen molar-refractivity contribution in [2.24, 2.45) is 0 Å². The summed E-state index contributed by atoms with van der Waals surface area (Å²) >= 11 is 0. The van der Waals surface area contributed by atoms with Crippen LogP contribution in [0.15, 0.2) is 41.0 Å². The van der Waals surface area contributed by atoms with Crippen LogP contribution in [0.3, 0.4) is 0 Å². The van der Waals surface area contributed by atoms with Crippen LogP contribution in [0.4, 0.5) is 0 Å². The lowest BCUT2D eigenvalue weighted by Crippen LogP contribution is -2.12. The summed E-state index contributed by atoms with van der Waals surface area (Å²) in [5, 5.41) is 3.33. The number of nitrogens with one attached hydrogen (secondary N) is 1. The van der Waals surface area contributed by atoms with Gasteiger partial charge in [0.25, 0.3) is 0 Å². The quantitative estimate of drug-likeness (QED) is 0.805. The lowest BCUT2D eigenvalue weighted by atomic mass is 10.2. The van der Waals surface area contributed by atoms with Crippen LogP contribution in [0.25, 0.3) is 0 Å². The second-order valence-electron chi connectivity index (χ2n) is 4.33. The summed E-state index contributed by atoms with van der Waals surface area (Å²) in [6.45, 7) is 6.67. The SMILES string of the molecule is CCOc1ccc(CNCc2ccco2)cc1OCC.Cl. The molecule has 1 N–H and O–H groups in total. The van der Waals surface area contributed by atoms with Crippen molar-refractivity contribution in [1.29, 1.82) is 0 Å². The first-order valence-electron chi connectivity index (χ1n) is 6.95. The predicted molar refractivity (Wildman–Crippen MR) is 85.3 cm³/mol. The highest BCUT2D eigenvalue weighted by molar-refractivity contribution is 5.85. The lowest BCUT2D eigenvalue weighted by molar-refractivity contribution is 0.287. The summed E-state index contributed by atoms with van der Waals surface area (Å²) in [5.41, 5.74) is 1.16. The number of ether oxygens (including phenoxy) is 2. The van der Waals surface area contributed by atoms with Gasteiger partial charge >= 0.3 is 0 Å². The second kappa shape index (κ2) is 9.32. The Morgan fingerprint density at radius 2 is 1.76 bits per heavy atom. The van der Waals surface area contributed by atoms with Crippen molar-refractivity contribution in [3.63, 3.8) is 0 Å². The fraction of sp³-hybridized carbons (Fsp3) is 0.375. The van der Waals surface area contributed by atoms with Crippen LogP contribution in [0.5, 0.6) is 11.5 Å². The maximum atomic E-state index is 5.61. The van der Waals surface area contributed by atoms with Gasteiger partial charge in [0.05, 0.1) is 26.0 Å². The van der Waals surface area contributed by atoms with Gasteiger partial charge < -0.3 is 19.2 Å². The number of rotatable bonds is 8. The lowest BCUT2D eigenvalue weighted by Gasteiger charge is -2.12. The second-order valence-corrected chi connectivity index (χ2v) is 4.33. The van der Waals surface area contributed by atoms with Gasteiger partial charge in [-0.05, 0) is 43.7 Å². The number of hydrogen-bond donors (Lipinski definition) is 1. The molecule has 0 saturated carbocycles. The molecule has 0 amide bonds. The van der Waals surface area contributed by atoms with Gasteiger partial charge in [0.1, 0.15) is 5.76 Å². The summed E-state index contributed by atoms with van der Waals surface area (Å²) in [7, 11) is 0. The topological polar surface area (TPSA) is 43.6 Å². The Morgan fingerprint density at radius 3 is 2.43 bits per heavy atom.